The number of esters is 2. The van der Waals surface area contributed by atoms with Crippen molar-refractivity contribution in [2.45, 2.75) is 62.0 Å². The lowest BCUT2D eigenvalue weighted by molar-refractivity contribution is -0.207. The Balaban J connectivity index is 4.72. The van der Waals surface area contributed by atoms with Gasteiger partial charge in [-0.05, 0) is 0 Å². The number of carbonyl (C=O) groups is 2. The number of rotatable bonds is 12. The molecule has 0 spiro atoms. The van der Waals surface area contributed by atoms with Gasteiger partial charge in [-0.15, -0.1) is 0 Å². The van der Waals surface area contributed by atoms with Crippen LogP contribution in [0.25, 0.3) is 0 Å². The van der Waals surface area contributed by atoms with E-state index in [1.165, 1.54) is 0 Å². The van der Waals surface area contributed by atoms with E-state index in [1.54, 1.807) is 0 Å². The summed E-state index contributed by atoms with van der Waals surface area (Å²) in [4.78, 5) is 23.3. The first-order valence-corrected chi connectivity index (χ1v) is 7.96. The van der Waals surface area contributed by atoms with Gasteiger partial charge in [0.25, 0.3) is 0 Å². The molecule has 8 unspecified atom stereocenters. The number of aliphatic hydroxyl groups is 10. The fourth-order valence-electron chi connectivity index (χ4n) is 1.81. The molecule has 0 aliphatic heterocycles. The highest BCUT2D eigenvalue weighted by Gasteiger charge is 2.38. The van der Waals surface area contributed by atoms with Crippen LogP contribution in [-0.4, -0.2) is 131 Å². The third kappa shape index (κ3) is 7.51. The molecule has 166 valence electrons. The lowest BCUT2D eigenvalue weighted by Crippen LogP contribution is -2.50. The van der Waals surface area contributed by atoms with E-state index in [9.17, 15) is 40.2 Å². The summed E-state index contributed by atoms with van der Waals surface area (Å²) in [5.41, 5.74) is 0. The molecule has 0 bridgehead atoms. The summed E-state index contributed by atoms with van der Waals surface area (Å²) in [5, 5.41) is 92.5. The monoisotopic (exact) mass is 418 g/mol. The Morgan fingerprint density at radius 3 is 1.18 bits per heavy atom. The minimum Gasteiger partial charge on any atom is -0.423 e. The molecule has 0 saturated carbocycles. The van der Waals surface area contributed by atoms with Crippen molar-refractivity contribution in [1.29, 1.82) is 0 Å². The van der Waals surface area contributed by atoms with E-state index in [0.717, 1.165) is 6.92 Å². The summed E-state index contributed by atoms with van der Waals surface area (Å²) in [6, 6.07) is 0. The van der Waals surface area contributed by atoms with Crippen molar-refractivity contribution in [3.8, 4) is 0 Å². The number of ether oxygens (including phenoxy) is 2. The van der Waals surface area contributed by atoms with Crippen LogP contribution in [0.15, 0.2) is 0 Å². The number of aliphatic hydroxyl groups excluding tert-OH is 10. The van der Waals surface area contributed by atoms with Crippen LogP contribution in [0.1, 0.15) is 6.92 Å². The van der Waals surface area contributed by atoms with Gasteiger partial charge in [-0.1, -0.05) is 0 Å². The maximum atomic E-state index is 11.6. The smallest absolute Gasteiger partial charge is 0.340 e. The maximum Gasteiger partial charge on any atom is 0.340 e. The van der Waals surface area contributed by atoms with Crippen LogP contribution in [-0.2, 0) is 19.1 Å². The van der Waals surface area contributed by atoms with Gasteiger partial charge in [-0.2, -0.15) is 0 Å². The van der Waals surface area contributed by atoms with Gasteiger partial charge in [-0.25, -0.2) is 9.59 Å². The average Bonchev–Trinajstić information content (AvgIpc) is 2.68. The van der Waals surface area contributed by atoms with Gasteiger partial charge in [0.15, 0.2) is 12.2 Å². The van der Waals surface area contributed by atoms with E-state index in [0.29, 0.717) is 0 Å². The first kappa shape index (κ1) is 26.5. The molecule has 0 aliphatic rings. The number of hydrogen-bond acceptors (Lipinski definition) is 14. The van der Waals surface area contributed by atoms with Crippen LogP contribution in [0.5, 0.6) is 0 Å². The summed E-state index contributed by atoms with van der Waals surface area (Å²) < 4.78 is 8.87. The lowest BCUT2D eigenvalue weighted by atomic mass is 10.0. The largest absolute Gasteiger partial charge is 0.423 e. The predicted octanol–water partition coefficient (Wildman–Crippen LogP) is -6.71. The normalized spacial score (nSPS) is 21.4. The molecule has 28 heavy (non-hydrogen) atoms. The Labute approximate surface area is 158 Å². The van der Waals surface area contributed by atoms with E-state index in [-0.39, 0.29) is 0 Å². The second-order valence-corrected chi connectivity index (χ2v) is 5.79. The Hall–Kier alpha value is -1.46. The van der Waals surface area contributed by atoms with Gasteiger partial charge in [0.2, 0.25) is 6.29 Å². The molecule has 0 saturated heterocycles. The van der Waals surface area contributed by atoms with Gasteiger partial charge in [0, 0.05) is 6.92 Å². The molecular weight excluding hydrogens is 392 g/mol. The SMILES string of the molecule is CC(OC(=O)C(O)C(O)C(O)C(O)CO)OC(=O)C(O)C(O)C(O)C(O)CO. The first-order chi connectivity index (χ1) is 12.9. The van der Waals surface area contributed by atoms with Crippen LogP contribution in [0, 0.1) is 0 Å². The van der Waals surface area contributed by atoms with Crippen molar-refractivity contribution >= 4 is 11.9 Å². The second kappa shape index (κ2) is 12.2. The molecule has 14 heteroatoms. The standard InChI is InChI=1S/C14H26O14/c1-4(27-13(25)11(23)9(21)7(19)5(17)2-15)28-14(26)12(24)10(22)8(20)6(18)3-16/h4-12,15-24H,2-3H2,1H3. The molecule has 0 fully saturated rings. The van der Waals surface area contributed by atoms with Crippen LogP contribution >= 0.6 is 0 Å². The van der Waals surface area contributed by atoms with Gasteiger partial charge >= 0.3 is 11.9 Å². The topological polar surface area (TPSA) is 255 Å². The van der Waals surface area contributed by atoms with Crippen molar-refractivity contribution in [3.05, 3.63) is 0 Å². The van der Waals surface area contributed by atoms with E-state index in [2.05, 4.69) is 9.47 Å². The second-order valence-electron chi connectivity index (χ2n) is 5.79. The summed E-state index contributed by atoms with van der Waals surface area (Å²) >= 11 is 0. The Kier molecular flexibility index (Phi) is 11.5. The zero-order valence-electron chi connectivity index (χ0n) is 14.7. The van der Waals surface area contributed by atoms with Gasteiger partial charge in [0.05, 0.1) is 13.2 Å². The van der Waals surface area contributed by atoms with Crippen LogP contribution in [0.4, 0.5) is 0 Å². The van der Waals surface area contributed by atoms with Gasteiger partial charge < -0.3 is 60.5 Å². The molecule has 0 aliphatic carbocycles. The molecule has 8 atom stereocenters. The third-order valence-corrected chi connectivity index (χ3v) is 3.56. The van der Waals surface area contributed by atoms with Crippen molar-refractivity contribution in [3.63, 3.8) is 0 Å². The minimum atomic E-state index is -2.41. The Morgan fingerprint density at radius 2 is 0.929 bits per heavy atom. The van der Waals surface area contributed by atoms with Crippen molar-refractivity contribution < 1.29 is 70.1 Å². The minimum absolute atomic E-state index is 0.937. The van der Waals surface area contributed by atoms with Crippen LogP contribution in [0.2, 0.25) is 0 Å². The molecule has 0 aromatic rings. The molecule has 0 heterocycles. The maximum absolute atomic E-state index is 11.6. The molecular formula is C14H26O14. The zero-order valence-corrected chi connectivity index (χ0v) is 14.7. The number of hydrogen-bond donors (Lipinski definition) is 10. The average molecular weight is 418 g/mol. The lowest BCUT2D eigenvalue weighted by Gasteiger charge is -2.26. The number of carbonyl (C=O) groups excluding carboxylic acids is 2. The van der Waals surface area contributed by atoms with Crippen molar-refractivity contribution in [1.82, 2.24) is 0 Å². The van der Waals surface area contributed by atoms with Crippen LogP contribution < -0.4 is 0 Å². The highest BCUT2D eigenvalue weighted by atomic mass is 16.7. The van der Waals surface area contributed by atoms with Crippen molar-refractivity contribution in [2.24, 2.45) is 0 Å². The fourth-order valence-corrected chi connectivity index (χ4v) is 1.81. The molecule has 14 nitrogen and oxygen atoms in total. The quantitative estimate of drug-likeness (QED) is 0.104. The van der Waals surface area contributed by atoms with Gasteiger partial charge in [-0.3, -0.25) is 0 Å². The summed E-state index contributed by atoms with van der Waals surface area (Å²) in [6.07, 6.45) is -19.1. The molecule has 0 amide bonds. The van der Waals surface area contributed by atoms with E-state index in [1.807, 2.05) is 0 Å². The predicted molar refractivity (Wildman–Crippen MR) is 83.9 cm³/mol. The molecule has 0 aromatic carbocycles. The van der Waals surface area contributed by atoms with Crippen LogP contribution in [0.3, 0.4) is 0 Å². The fraction of sp³-hybridized carbons (Fsp3) is 0.857. The highest BCUT2D eigenvalue weighted by Crippen LogP contribution is 2.11. The van der Waals surface area contributed by atoms with E-state index >= 15 is 0 Å². The van der Waals surface area contributed by atoms with Gasteiger partial charge in [0.1, 0.15) is 36.6 Å². The highest BCUT2D eigenvalue weighted by molar-refractivity contribution is 5.77. The third-order valence-electron chi connectivity index (χ3n) is 3.56. The summed E-state index contributed by atoms with van der Waals surface area (Å²) in [5.74, 6) is -3.22. The molecule has 0 radical (unpaired) electrons. The molecule has 0 rings (SSSR count). The zero-order chi connectivity index (χ0) is 22.2. The van der Waals surface area contributed by atoms with E-state index < -0.39 is 80.3 Å². The summed E-state index contributed by atoms with van der Waals surface area (Å²) in [6.45, 7) is -1.03. The molecule has 10 N–H and O–H groups in total. The first-order valence-electron chi connectivity index (χ1n) is 7.96. The Morgan fingerprint density at radius 1 is 0.643 bits per heavy atom. The molecule has 0 aromatic heterocycles. The van der Waals surface area contributed by atoms with Crippen molar-refractivity contribution in [2.75, 3.05) is 13.2 Å². The summed E-state index contributed by atoms with van der Waals surface area (Å²) in [7, 11) is 0. The Bertz CT molecular complexity index is 445. The van der Waals surface area contributed by atoms with E-state index in [4.69, 9.17) is 20.4 Å².